The molecule has 0 aromatic heterocycles. The van der Waals surface area contributed by atoms with Crippen molar-refractivity contribution in [3.05, 3.63) is 11.8 Å². The van der Waals surface area contributed by atoms with E-state index in [4.69, 9.17) is 15.6 Å². The first-order chi connectivity index (χ1) is 5.70. The molecular weight excluding hydrogens is 158 g/mol. The van der Waals surface area contributed by atoms with Gasteiger partial charge in [-0.3, -0.25) is 4.79 Å². The van der Waals surface area contributed by atoms with Gasteiger partial charge in [0.2, 0.25) is 0 Å². The van der Waals surface area contributed by atoms with Crippen molar-refractivity contribution < 1.29 is 14.6 Å². The van der Waals surface area contributed by atoms with Crippen LogP contribution in [0.2, 0.25) is 0 Å². The van der Waals surface area contributed by atoms with Crippen molar-refractivity contribution >= 4 is 5.97 Å². The minimum atomic E-state index is -0.957. The standard InChI is InChI=1S/C8H13NO3/c9-7(8(10)11)4-6-2-1-3-12-5-6/h5,7H,1-4,9H2,(H,10,11). The normalized spacial score (nSPS) is 19.2. The van der Waals surface area contributed by atoms with Crippen LogP contribution in [-0.4, -0.2) is 23.7 Å². The van der Waals surface area contributed by atoms with Crippen molar-refractivity contribution in [2.75, 3.05) is 6.61 Å². The molecule has 0 bridgehead atoms. The molecule has 0 aromatic carbocycles. The van der Waals surface area contributed by atoms with E-state index in [0.717, 1.165) is 25.0 Å². The summed E-state index contributed by atoms with van der Waals surface area (Å²) in [5.41, 5.74) is 6.35. The molecule has 68 valence electrons. The zero-order chi connectivity index (χ0) is 8.97. The molecule has 3 N–H and O–H groups in total. The fraction of sp³-hybridized carbons (Fsp3) is 0.625. The molecule has 1 unspecified atom stereocenters. The largest absolute Gasteiger partial charge is 0.501 e. The lowest BCUT2D eigenvalue weighted by Gasteiger charge is -2.15. The molecule has 0 spiro atoms. The minimum Gasteiger partial charge on any atom is -0.501 e. The predicted octanol–water partition coefficient (Wildman–Crippen LogP) is 0.483. The Morgan fingerprint density at radius 1 is 1.83 bits per heavy atom. The SMILES string of the molecule is NC(CC1=COCCC1)C(=O)O. The van der Waals surface area contributed by atoms with Gasteiger partial charge in [-0.25, -0.2) is 0 Å². The van der Waals surface area contributed by atoms with E-state index in [-0.39, 0.29) is 0 Å². The highest BCUT2D eigenvalue weighted by Crippen LogP contribution is 2.16. The van der Waals surface area contributed by atoms with Crippen LogP contribution in [0.4, 0.5) is 0 Å². The molecule has 0 saturated heterocycles. The van der Waals surface area contributed by atoms with Gasteiger partial charge >= 0.3 is 5.97 Å². The number of hydrogen-bond donors (Lipinski definition) is 2. The van der Waals surface area contributed by atoms with Crippen LogP contribution in [0.5, 0.6) is 0 Å². The molecule has 0 saturated carbocycles. The summed E-state index contributed by atoms with van der Waals surface area (Å²) in [4.78, 5) is 10.4. The molecule has 0 amide bonds. The average Bonchev–Trinajstić information content (AvgIpc) is 2.06. The quantitative estimate of drug-likeness (QED) is 0.648. The molecule has 1 rings (SSSR count). The summed E-state index contributed by atoms with van der Waals surface area (Å²) in [6, 6.07) is -0.794. The molecule has 0 fully saturated rings. The van der Waals surface area contributed by atoms with Crippen LogP contribution in [0.1, 0.15) is 19.3 Å². The van der Waals surface area contributed by atoms with Crippen LogP contribution in [0.25, 0.3) is 0 Å². The summed E-state index contributed by atoms with van der Waals surface area (Å²) in [5, 5.41) is 8.52. The van der Waals surface area contributed by atoms with Crippen LogP contribution >= 0.6 is 0 Å². The molecule has 12 heavy (non-hydrogen) atoms. The van der Waals surface area contributed by atoms with Gasteiger partial charge in [0.15, 0.2) is 0 Å². The van der Waals surface area contributed by atoms with Gasteiger partial charge in [0, 0.05) is 0 Å². The Morgan fingerprint density at radius 2 is 2.58 bits per heavy atom. The fourth-order valence-electron chi connectivity index (χ4n) is 1.14. The van der Waals surface area contributed by atoms with E-state index in [0.29, 0.717) is 6.42 Å². The highest BCUT2D eigenvalue weighted by Gasteiger charge is 2.15. The number of carboxylic acids is 1. The maximum atomic E-state index is 10.4. The summed E-state index contributed by atoms with van der Waals surface area (Å²) < 4.78 is 5.05. The van der Waals surface area contributed by atoms with Gasteiger partial charge in [0.05, 0.1) is 12.9 Å². The topological polar surface area (TPSA) is 72.5 Å². The first-order valence-corrected chi connectivity index (χ1v) is 3.98. The van der Waals surface area contributed by atoms with E-state index >= 15 is 0 Å². The predicted molar refractivity (Wildman–Crippen MR) is 43.5 cm³/mol. The molecule has 1 aliphatic heterocycles. The van der Waals surface area contributed by atoms with Crippen molar-refractivity contribution in [3.63, 3.8) is 0 Å². The Bertz CT molecular complexity index is 200. The van der Waals surface area contributed by atoms with E-state index in [1.54, 1.807) is 6.26 Å². The average molecular weight is 171 g/mol. The second-order valence-electron chi connectivity index (χ2n) is 2.90. The molecule has 1 atom stereocenters. The molecule has 4 nitrogen and oxygen atoms in total. The molecule has 1 heterocycles. The molecule has 0 aromatic rings. The molecular formula is C8H13NO3. The van der Waals surface area contributed by atoms with Gasteiger partial charge in [-0.05, 0) is 24.8 Å². The van der Waals surface area contributed by atoms with Gasteiger partial charge < -0.3 is 15.6 Å². The first kappa shape index (κ1) is 9.06. The molecule has 0 aliphatic carbocycles. The van der Waals surface area contributed by atoms with Crippen molar-refractivity contribution in [3.8, 4) is 0 Å². The van der Waals surface area contributed by atoms with Gasteiger partial charge in [-0.15, -0.1) is 0 Å². The van der Waals surface area contributed by atoms with Gasteiger partial charge in [-0.1, -0.05) is 0 Å². The number of nitrogens with two attached hydrogens (primary N) is 1. The van der Waals surface area contributed by atoms with E-state index in [2.05, 4.69) is 0 Å². The number of aliphatic carboxylic acids is 1. The maximum Gasteiger partial charge on any atom is 0.320 e. The fourth-order valence-corrected chi connectivity index (χ4v) is 1.14. The second kappa shape index (κ2) is 4.11. The number of carboxylic acid groups (broad SMARTS) is 1. The monoisotopic (exact) mass is 171 g/mol. The summed E-state index contributed by atoms with van der Waals surface area (Å²) >= 11 is 0. The molecule has 1 aliphatic rings. The third-order valence-electron chi connectivity index (χ3n) is 1.81. The van der Waals surface area contributed by atoms with Crippen LogP contribution in [0.15, 0.2) is 11.8 Å². The number of hydrogen-bond acceptors (Lipinski definition) is 3. The summed E-state index contributed by atoms with van der Waals surface area (Å²) in [6.45, 7) is 0.728. The van der Waals surface area contributed by atoms with Crippen molar-refractivity contribution in [1.29, 1.82) is 0 Å². The van der Waals surface area contributed by atoms with Crippen molar-refractivity contribution in [2.24, 2.45) is 5.73 Å². The van der Waals surface area contributed by atoms with Crippen LogP contribution < -0.4 is 5.73 Å². The lowest BCUT2D eigenvalue weighted by Crippen LogP contribution is -2.30. The summed E-state index contributed by atoms with van der Waals surface area (Å²) in [5.74, 6) is -0.957. The van der Waals surface area contributed by atoms with Crippen molar-refractivity contribution in [2.45, 2.75) is 25.3 Å². The lowest BCUT2D eigenvalue weighted by atomic mass is 10.0. The Kier molecular flexibility index (Phi) is 3.10. The van der Waals surface area contributed by atoms with E-state index in [1.807, 2.05) is 0 Å². The second-order valence-corrected chi connectivity index (χ2v) is 2.90. The third kappa shape index (κ3) is 2.54. The zero-order valence-electron chi connectivity index (χ0n) is 6.82. The molecule has 0 radical (unpaired) electrons. The number of carbonyl (C=O) groups is 1. The third-order valence-corrected chi connectivity index (χ3v) is 1.81. The summed E-state index contributed by atoms with van der Waals surface area (Å²) in [7, 11) is 0. The highest BCUT2D eigenvalue weighted by molar-refractivity contribution is 5.73. The highest BCUT2D eigenvalue weighted by atomic mass is 16.5. The zero-order valence-corrected chi connectivity index (χ0v) is 6.82. The number of rotatable bonds is 3. The van der Waals surface area contributed by atoms with Crippen molar-refractivity contribution in [1.82, 2.24) is 0 Å². The lowest BCUT2D eigenvalue weighted by molar-refractivity contribution is -0.138. The van der Waals surface area contributed by atoms with Crippen LogP contribution in [0, 0.1) is 0 Å². The van der Waals surface area contributed by atoms with E-state index in [1.165, 1.54) is 0 Å². The van der Waals surface area contributed by atoms with Gasteiger partial charge in [0.1, 0.15) is 6.04 Å². The van der Waals surface area contributed by atoms with Gasteiger partial charge in [0.25, 0.3) is 0 Å². The first-order valence-electron chi connectivity index (χ1n) is 3.98. The Hall–Kier alpha value is -1.03. The Balaban J connectivity index is 2.39. The molecule has 4 heteroatoms. The van der Waals surface area contributed by atoms with E-state index < -0.39 is 12.0 Å². The number of ether oxygens (including phenoxy) is 1. The smallest absolute Gasteiger partial charge is 0.320 e. The van der Waals surface area contributed by atoms with Gasteiger partial charge in [-0.2, -0.15) is 0 Å². The van der Waals surface area contributed by atoms with Crippen LogP contribution in [-0.2, 0) is 9.53 Å². The minimum absolute atomic E-state index is 0.398. The Morgan fingerprint density at radius 3 is 3.08 bits per heavy atom. The van der Waals surface area contributed by atoms with Crippen LogP contribution in [0.3, 0.4) is 0 Å². The summed E-state index contributed by atoms with van der Waals surface area (Å²) in [6.07, 6.45) is 3.89. The van der Waals surface area contributed by atoms with E-state index in [9.17, 15) is 4.79 Å². The maximum absolute atomic E-state index is 10.4. The Labute approximate surface area is 71.0 Å².